The summed E-state index contributed by atoms with van der Waals surface area (Å²) >= 11 is 6.63. The van der Waals surface area contributed by atoms with Crippen molar-refractivity contribution >= 4 is 43.5 Å². The molecule has 92 valence electrons. The van der Waals surface area contributed by atoms with Crippen molar-refractivity contribution in [1.82, 2.24) is 4.98 Å². The molecule has 0 aliphatic heterocycles. The summed E-state index contributed by atoms with van der Waals surface area (Å²) in [6.45, 7) is 0. The summed E-state index contributed by atoms with van der Waals surface area (Å²) < 4.78 is 14.8. The maximum Gasteiger partial charge on any atom is 0.260 e. The maximum absolute atomic E-state index is 13.3. The number of nitrogens with one attached hydrogen (secondary N) is 1. The number of anilines is 1. The second-order valence-electron chi connectivity index (χ2n) is 3.39. The second-order valence-corrected chi connectivity index (χ2v) is 5.10. The van der Waals surface area contributed by atoms with Gasteiger partial charge in [-0.1, -0.05) is 6.07 Å². The van der Waals surface area contributed by atoms with E-state index in [1.165, 1.54) is 18.3 Å². The molecule has 0 bridgehead atoms. The molecular formula is C12H7Br2FN2O. The molecule has 0 saturated heterocycles. The standard InChI is InChI=1S/C12H7Br2FN2O/c13-8-4-1-5-9(14)10(8)17-12(18)7-3-2-6-16-11(7)15/h1-6H,(H,17,18). The van der Waals surface area contributed by atoms with Crippen LogP contribution < -0.4 is 5.32 Å². The summed E-state index contributed by atoms with van der Waals surface area (Å²) in [6, 6.07) is 8.25. The van der Waals surface area contributed by atoms with E-state index in [2.05, 4.69) is 42.2 Å². The zero-order valence-corrected chi connectivity index (χ0v) is 12.1. The highest BCUT2D eigenvalue weighted by molar-refractivity contribution is 9.11. The smallest absolute Gasteiger partial charge is 0.260 e. The topological polar surface area (TPSA) is 42.0 Å². The first kappa shape index (κ1) is 13.2. The summed E-state index contributed by atoms with van der Waals surface area (Å²) in [4.78, 5) is 15.3. The second kappa shape index (κ2) is 5.58. The average Bonchev–Trinajstić information content (AvgIpc) is 2.34. The molecule has 2 aromatic rings. The predicted octanol–water partition coefficient (Wildman–Crippen LogP) is 4.00. The van der Waals surface area contributed by atoms with E-state index in [1.807, 2.05) is 6.07 Å². The van der Waals surface area contributed by atoms with Gasteiger partial charge in [-0.05, 0) is 56.1 Å². The van der Waals surface area contributed by atoms with E-state index in [1.54, 1.807) is 12.1 Å². The summed E-state index contributed by atoms with van der Waals surface area (Å²) in [7, 11) is 0. The molecule has 1 amide bonds. The summed E-state index contributed by atoms with van der Waals surface area (Å²) in [5.74, 6) is -1.34. The minimum absolute atomic E-state index is 0.0971. The fourth-order valence-corrected chi connectivity index (χ4v) is 2.55. The Morgan fingerprint density at radius 1 is 1.17 bits per heavy atom. The van der Waals surface area contributed by atoms with Crippen LogP contribution in [0.25, 0.3) is 0 Å². The first-order chi connectivity index (χ1) is 8.59. The lowest BCUT2D eigenvalue weighted by Crippen LogP contribution is -2.15. The highest BCUT2D eigenvalue weighted by Gasteiger charge is 2.14. The number of nitrogens with zero attached hydrogens (tertiary/aromatic N) is 1. The number of rotatable bonds is 2. The lowest BCUT2D eigenvalue weighted by molar-refractivity contribution is 0.102. The van der Waals surface area contributed by atoms with Gasteiger partial charge < -0.3 is 5.32 Å². The van der Waals surface area contributed by atoms with Crippen molar-refractivity contribution < 1.29 is 9.18 Å². The van der Waals surface area contributed by atoms with E-state index >= 15 is 0 Å². The van der Waals surface area contributed by atoms with Crippen molar-refractivity contribution in [3.63, 3.8) is 0 Å². The molecule has 0 fully saturated rings. The monoisotopic (exact) mass is 372 g/mol. The first-order valence-electron chi connectivity index (χ1n) is 4.95. The number of halogens is 3. The zero-order chi connectivity index (χ0) is 13.1. The molecule has 1 N–H and O–H groups in total. The number of hydrogen-bond acceptors (Lipinski definition) is 2. The van der Waals surface area contributed by atoms with Crippen LogP contribution in [0.4, 0.5) is 10.1 Å². The molecule has 1 aromatic heterocycles. The van der Waals surface area contributed by atoms with E-state index in [0.29, 0.717) is 14.6 Å². The van der Waals surface area contributed by atoms with Gasteiger partial charge in [-0.15, -0.1) is 0 Å². The fourth-order valence-electron chi connectivity index (χ4n) is 1.35. The van der Waals surface area contributed by atoms with Crippen LogP contribution in [0.15, 0.2) is 45.5 Å². The molecule has 0 saturated carbocycles. The lowest BCUT2D eigenvalue weighted by Gasteiger charge is -2.09. The Morgan fingerprint density at radius 3 is 2.44 bits per heavy atom. The van der Waals surface area contributed by atoms with Crippen LogP contribution >= 0.6 is 31.9 Å². The van der Waals surface area contributed by atoms with Gasteiger partial charge in [0.15, 0.2) is 0 Å². The molecule has 0 atom stereocenters. The molecular weight excluding hydrogens is 367 g/mol. The molecule has 6 heteroatoms. The summed E-state index contributed by atoms with van der Waals surface area (Å²) in [5.41, 5.74) is 0.450. The van der Waals surface area contributed by atoms with Gasteiger partial charge in [-0.2, -0.15) is 4.39 Å². The van der Waals surface area contributed by atoms with Gasteiger partial charge in [0.05, 0.1) is 11.3 Å². The van der Waals surface area contributed by atoms with Gasteiger partial charge in [0.25, 0.3) is 5.91 Å². The molecule has 0 aliphatic carbocycles. The lowest BCUT2D eigenvalue weighted by atomic mass is 10.2. The van der Waals surface area contributed by atoms with Crippen LogP contribution in [0.5, 0.6) is 0 Å². The van der Waals surface area contributed by atoms with Crippen molar-refractivity contribution in [3.8, 4) is 0 Å². The Bertz CT molecular complexity index is 584. The molecule has 0 spiro atoms. The van der Waals surface area contributed by atoms with Crippen LogP contribution in [0.3, 0.4) is 0 Å². The minimum Gasteiger partial charge on any atom is -0.320 e. The molecule has 0 radical (unpaired) electrons. The van der Waals surface area contributed by atoms with Crippen LogP contribution in [0.2, 0.25) is 0 Å². The van der Waals surface area contributed by atoms with Gasteiger partial charge >= 0.3 is 0 Å². The SMILES string of the molecule is O=C(Nc1c(Br)cccc1Br)c1cccnc1F. The Morgan fingerprint density at radius 2 is 1.83 bits per heavy atom. The van der Waals surface area contributed by atoms with Crippen molar-refractivity contribution in [2.75, 3.05) is 5.32 Å². The third-order valence-electron chi connectivity index (χ3n) is 2.21. The molecule has 1 heterocycles. The fraction of sp³-hybridized carbons (Fsp3) is 0. The van der Waals surface area contributed by atoms with Gasteiger partial charge in [0.1, 0.15) is 0 Å². The highest BCUT2D eigenvalue weighted by Crippen LogP contribution is 2.30. The van der Waals surface area contributed by atoms with Gasteiger partial charge in [-0.25, -0.2) is 4.98 Å². The molecule has 2 rings (SSSR count). The number of carbonyl (C=O) groups excluding carboxylic acids is 1. The zero-order valence-electron chi connectivity index (χ0n) is 8.95. The van der Waals surface area contributed by atoms with E-state index in [0.717, 1.165) is 0 Å². The maximum atomic E-state index is 13.3. The van der Waals surface area contributed by atoms with Crippen molar-refractivity contribution in [2.24, 2.45) is 0 Å². The Labute approximate surface area is 120 Å². The number of benzene rings is 1. The third kappa shape index (κ3) is 2.76. The van der Waals surface area contributed by atoms with E-state index in [9.17, 15) is 9.18 Å². The first-order valence-corrected chi connectivity index (χ1v) is 6.54. The number of amides is 1. The minimum atomic E-state index is -0.793. The normalized spacial score (nSPS) is 10.2. The summed E-state index contributed by atoms with van der Waals surface area (Å²) in [5, 5.41) is 2.62. The number of pyridine rings is 1. The van der Waals surface area contributed by atoms with Gasteiger partial charge in [0.2, 0.25) is 5.95 Å². The van der Waals surface area contributed by atoms with Gasteiger partial charge in [0, 0.05) is 15.1 Å². The molecule has 3 nitrogen and oxygen atoms in total. The number of carbonyl (C=O) groups is 1. The number of aromatic nitrogens is 1. The van der Waals surface area contributed by atoms with Crippen molar-refractivity contribution in [2.45, 2.75) is 0 Å². The molecule has 1 aromatic carbocycles. The third-order valence-corrected chi connectivity index (χ3v) is 3.53. The van der Waals surface area contributed by atoms with E-state index < -0.39 is 11.9 Å². The highest BCUT2D eigenvalue weighted by atomic mass is 79.9. The number of para-hydroxylation sites is 1. The Balaban J connectivity index is 2.30. The van der Waals surface area contributed by atoms with Crippen LogP contribution in [-0.4, -0.2) is 10.9 Å². The molecule has 0 aliphatic rings. The quantitative estimate of drug-likeness (QED) is 0.808. The predicted molar refractivity (Wildman–Crippen MR) is 74.0 cm³/mol. The van der Waals surface area contributed by atoms with E-state index in [-0.39, 0.29) is 5.56 Å². The van der Waals surface area contributed by atoms with Crippen LogP contribution in [0, 0.1) is 5.95 Å². The average molecular weight is 374 g/mol. The Kier molecular flexibility index (Phi) is 4.08. The number of hydrogen-bond donors (Lipinski definition) is 1. The van der Waals surface area contributed by atoms with E-state index in [4.69, 9.17) is 0 Å². The molecule has 18 heavy (non-hydrogen) atoms. The summed E-state index contributed by atoms with van der Waals surface area (Å²) in [6.07, 6.45) is 1.29. The van der Waals surface area contributed by atoms with Crippen molar-refractivity contribution in [3.05, 3.63) is 57.0 Å². The largest absolute Gasteiger partial charge is 0.320 e. The Hall–Kier alpha value is -1.27. The van der Waals surface area contributed by atoms with Crippen molar-refractivity contribution in [1.29, 1.82) is 0 Å². The van der Waals surface area contributed by atoms with Crippen LogP contribution in [-0.2, 0) is 0 Å². The molecule has 0 unspecified atom stereocenters. The van der Waals surface area contributed by atoms with Gasteiger partial charge in [-0.3, -0.25) is 4.79 Å². The van der Waals surface area contributed by atoms with Crippen LogP contribution in [0.1, 0.15) is 10.4 Å².